The van der Waals surface area contributed by atoms with Crippen LogP contribution in [-0.2, 0) is 19.0 Å². The molecule has 0 spiro atoms. The zero-order valence-corrected chi connectivity index (χ0v) is 12.4. The van der Waals surface area contributed by atoms with Gasteiger partial charge in [0.15, 0.2) is 0 Å². The maximum atomic E-state index is 12.0. The number of carbonyl (C=O) groups excluding carboxylic acids is 1. The molecule has 0 aliphatic heterocycles. The molecular formula is C13H18N4OS. The van der Waals surface area contributed by atoms with Crippen LogP contribution in [0.2, 0.25) is 0 Å². The van der Waals surface area contributed by atoms with E-state index in [4.69, 9.17) is 0 Å². The second-order valence-corrected chi connectivity index (χ2v) is 6.44. The van der Waals surface area contributed by atoms with E-state index in [2.05, 4.69) is 36.2 Å². The number of thiazole rings is 1. The molecule has 0 radical (unpaired) electrons. The van der Waals surface area contributed by atoms with Crippen LogP contribution in [0.15, 0.2) is 18.5 Å². The minimum atomic E-state index is -0.0887. The molecule has 0 unspecified atom stereocenters. The van der Waals surface area contributed by atoms with Gasteiger partial charge in [0.2, 0.25) is 0 Å². The Morgan fingerprint density at radius 2 is 2.21 bits per heavy atom. The summed E-state index contributed by atoms with van der Waals surface area (Å²) in [6.07, 6.45) is 3.36. The van der Waals surface area contributed by atoms with Crippen LogP contribution in [0.5, 0.6) is 0 Å². The number of aromatic nitrogens is 3. The van der Waals surface area contributed by atoms with Gasteiger partial charge in [0, 0.05) is 18.7 Å². The van der Waals surface area contributed by atoms with Crippen LogP contribution >= 0.6 is 11.3 Å². The molecule has 0 aliphatic rings. The molecule has 5 nitrogen and oxygen atoms in total. The van der Waals surface area contributed by atoms with Crippen molar-refractivity contribution in [1.29, 1.82) is 0 Å². The molecule has 1 N–H and O–H groups in total. The van der Waals surface area contributed by atoms with E-state index >= 15 is 0 Å². The van der Waals surface area contributed by atoms with Gasteiger partial charge in [-0.25, -0.2) is 4.98 Å². The molecule has 102 valence electrons. The van der Waals surface area contributed by atoms with Crippen LogP contribution in [0.3, 0.4) is 0 Å². The zero-order valence-electron chi connectivity index (χ0n) is 11.6. The molecule has 0 atom stereocenters. The Morgan fingerprint density at radius 1 is 1.47 bits per heavy atom. The smallest absolute Gasteiger partial charge is 0.263 e. The molecule has 1 amide bonds. The summed E-state index contributed by atoms with van der Waals surface area (Å²) in [4.78, 5) is 17.0. The normalized spacial score (nSPS) is 11.6. The third-order valence-corrected chi connectivity index (χ3v) is 4.15. The average Bonchev–Trinajstić information content (AvgIpc) is 2.93. The first-order valence-electron chi connectivity index (χ1n) is 6.09. The van der Waals surface area contributed by atoms with Crippen molar-refractivity contribution < 1.29 is 4.79 Å². The van der Waals surface area contributed by atoms with Crippen molar-refractivity contribution in [2.24, 2.45) is 7.05 Å². The Hall–Kier alpha value is -1.69. The van der Waals surface area contributed by atoms with Gasteiger partial charge in [-0.15, -0.1) is 11.3 Å². The zero-order chi connectivity index (χ0) is 14.0. The Morgan fingerprint density at radius 3 is 2.74 bits per heavy atom. The van der Waals surface area contributed by atoms with Crippen LogP contribution < -0.4 is 5.32 Å². The highest BCUT2D eigenvalue weighted by atomic mass is 32.1. The van der Waals surface area contributed by atoms with E-state index in [-0.39, 0.29) is 11.3 Å². The van der Waals surface area contributed by atoms with E-state index in [0.29, 0.717) is 11.4 Å². The molecule has 2 aromatic heterocycles. The van der Waals surface area contributed by atoms with E-state index in [1.165, 1.54) is 11.3 Å². The summed E-state index contributed by atoms with van der Waals surface area (Å²) in [5, 5.41) is 7.91. The van der Waals surface area contributed by atoms with Crippen molar-refractivity contribution in [2.45, 2.75) is 32.7 Å². The summed E-state index contributed by atoms with van der Waals surface area (Å²) in [7, 11) is 1.85. The van der Waals surface area contributed by atoms with E-state index in [1.807, 2.05) is 13.1 Å². The first kappa shape index (κ1) is 13.7. The number of hydrogen-bond acceptors (Lipinski definition) is 4. The lowest BCUT2D eigenvalue weighted by Crippen LogP contribution is -2.23. The topological polar surface area (TPSA) is 59.8 Å². The number of nitrogens with zero attached hydrogens (tertiary/aromatic N) is 3. The standard InChI is InChI=1S/C13H18N4OS/c1-13(2,3)12-15-8-10(19-12)11(18)14-7-9-5-6-16-17(9)4/h5-6,8H,7H2,1-4H3,(H,14,18). The predicted octanol–water partition coefficient (Wildman–Crippen LogP) is 2.10. The number of carbonyl (C=O) groups is 1. The summed E-state index contributed by atoms with van der Waals surface area (Å²) >= 11 is 1.44. The Kier molecular flexibility index (Phi) is 3.71. The Bertz CT molecular complexity index is 579. The largest absolute Gasteiger partial charge is 0.346 e. The minimum Gasteiger partial charge on any atom is -0.346 e. The summed E-state index contributed by atoms with van der Waals surface area (Å²) in [6.45, 7) is 6.73. The van der Waals surface area contributed by atoms with Gasteiger partial charge in [-0.3, -0.25) is 9.48 Å². The monoisotopic (exact) mass is 278 g/mol. The van der Waals surface area contributed by atoms with Gasteiger partial charge in [-0.05, 0) is 6.07 Å². The van der Waals surface area contributed by atoms with Crippen molar-refractivity contribution in [3.63, 3.8) is 0 Å². The van der Waals surface area contributed by atoms with Gasteiger partial charge in [0.25, 0.3) is 5.91 Å². The number of aryl methyl sites for hydroxylation is 1. The Balaban J connectivity index is 2.01. The highest BCUT2D eigenvalue weighted by Gasteiger charge is 2.20. The second-order valence-electron chi connectivity index (χ2n) is 5.41. The lowest BCUT2D eigenvalue weighted by atomic mass is 9.98. The van der Waals surface area contributed by atoms with E-state index in [0.717, 1.165) is 10.7 Å². The molecule has 0 aliphatic carbocycles. The van der Waals surface area contributed by atoms with Crippen molar-refractivity contribution >= 4 is 17.2 Å². The molecule has 19 heavy (non-hydrogen) atoms. The van der Waals surface area contributed by atoms with E-state index in [9.17, 15) is 4.79 Å². The molecule has 2 rings (SSSR count). The lowest BCUT2D eigenvalue weighted by molar-refractivity contribution is 0.0954. The van der Waals surface area contributed by atoms with Gasteiger partial charge in [-0.2, -0.15) is 5.10 Å². The van der Waals surface area contributed by atoms with Crippen molar-refractivity contribution in [1.82, 2.24) is 20.1 Å². The molecule has 2 aromatic rings. The molecule has 0 aromatic carbocycles. The highest BCUT2D eigenvalue weighted by Crippen LogP contribution is 2.26. The predicted molar refractivity (Wildman–Crippen MR) is 75.2 cm³/mol. The summed E-state index contributed by atoms with van der Waals surface area (Å²) in [6, 6.07) is 1.88. The first-order chi connectivity index (χ1) is 8.88. The minimum absolute atomic E-state index is 0.0226. The van der Waals surface area contributed by atoms with E-state index in [1.54, 1.807) is 17.1 Å². The SMILES string of the molecule is Cn1nccc1CNC(=O)c1cnc(C(C)(C)C)s1. The molecule has 0 saturated heterocycles. The quantitative estimate of drug-likeness (QED) is 0.935. The number of amides is 1. The third-order valence-electron chi connectivity index (χ3n) is 2.72. The average molecular weight is 278 g/mol. The fourth-order valence-corrected chi connectivity index (χ4v) is 2.45. The van der Waals surface area contributed by atoms with Crippen LogP contribution in [0.1, 0.15) is 41.1 Å². The molecule has 2 heterocycles. The van der Waals surface area contributed by atoms with E-state index < -0.39 is 0 Å². The molecular weight excluding hydrogens is 260 g/mol. The molecule has 0 bridgehead atoms. The molecule has 6 heteroatoms. The lowest BCUT2D eigenvalue weighted by Gasteiger charge is -2.13. The van der Waals surface area contributed by atoms with Gasteiger partial charge in [0.05, 0.1) is 23.4 Å². The van der Waals surface area contributed by atoms with Gasteiger partial charge in [-0.1, -0.05) is 20.8 Å². The summed E-state index contributed by atoms with van der Waals surface area (Å²) in [5.74, 6) is -0.0887. The van der Waals surface area contributed by atoms with Crippen molar-refractivity contribution in [2.75, 3.05) is 0 Å². The van der Waals surface area contributed by atoms with Gasteiger partial charge >= 0.3 is 0 Å². The fraction of sp³-hybridized carbons (Fsp3) is 0.462. The van der Waals surface area contributed by atoms with Crippen LogP contribution in [-0.4, -0.2) is 20.7 Å². The second kappa shape index (κ2) is 5.13. The molecule has 0 saturated carbocycles. The number of rotatable bonds is 3. The number of nitrogens with one attached hydrogen (secondary N) is 1. The third kappa shape index (κ3) is 3.20. The molecule has 0 fully saturated rings. The summed E-state index contributed by atoms with van der Waals surface area (Å²) in [5.41, 5.74) is 0.944. The fourth-order valence-electron chi connectivity index (χ4n) is 1.56. The Labute approximate surface area is 116 Å². The van der Waals surface area contributed by atoms with Crippen molar-refractivity contribution in [3.8, 4) is 0 Å². The first-order valence-corrected chi connectivity index (χ1v) is 6.91. The highest BCUT2D eigenvalue weighted by molar-refractivity contribution is 7.13. The van der Waals surface area contributed by atoms with Gasteiger partial charge < -0.3 is 5.32 Å². The maximum Gasteiger partial charge on any atom is 0.263 e. The van der Waals surface area contributed by atoms with Crippen LogP contribution in [0.4, 0.5) is 0 Å². The van der Waals surface area contributed by atoms with Gasteiger partial charge in [0.1, 0.15) is 4.88 Å². The van der Waals surface area contributed by atoms with Crippen LogP contribution in [0.25, 0.3) is 0 Å². The van der Waals surface area contributed by atoms with Crippen molar-refractivity contribution in [3.05, 3.63) is 34.0 Å². The van der Waals surface area contributed by atoms with Crippen LogP contribution in [0, 0.1) is 0 Å². The number of hydrogen-bond donors (Lipinski definition) is 1. The summed E-state index contributed by atoms with van der Waals surface area (Å²) < 4.78 is 1.74. The maximum absolute atomic E-state index is 12.0.